The Morgan fingerprint density at radius 3 is 1.71 bits per heavy atom. The molecular weight excluding hydrogens is 278 g/mol. The molecule has 8 heteroatoms. The molecule has 0 amide bonds. The van der Waals surface area contributed by atoms with Crippen LogP contribution in [0, 0.1) is 0 Å². The molecule has 0 radical (unpaired) electrons. The molecule has 0 aliphatic carbocycles. The van der Waals surface area contributed by atoms with Crippen molar-refractivity contribution in [2.45, 2.75) is 31.0 Å². The lowest BCUT2D eigenvalue weighted by Crippen LogP contribution is -2.48. The monoisotopic (exact) mass is 303 g/mol. The number of nitrogens with two attached hydrogens (primary N) is 3. The average molecular weight is 303 g/mol. The fourth-order valence-corrected chi connectivity index (χ4v) is 1.36. The van der Waals surface area contributed by atoms with Crippen molar-refractivity contribution in [1.82, 2.24) is 0 Å². The molecule has 1 aromatic rings. The number of anilines is 1. The summed E-state index contributed by atoms with van der Waals surface area (Å²) in [5.41, 5.74) is 17.7. The van der Waals surface area contributed by atoms with Gasteiger partial charge in [0.1, 0.15) is 18.3 Å². The number of benzene rings is 1. The number of aliphatic hydroxyl groups is 5. The van der Waals surface area contributed by atoms with Crippen LogP contribution in [0.1, 0.15) is 5.56 Å². The maximum Gasteiger partial charge on any atom is 0.111 e. The molecular formula is C13H25N3O5. The molecule has 8 nitrogen and oxygen atoms in total. The van der Waals surface area contributed by atoms with Crippen molar-refractivity contribution < 1.29 is 25.5 Å². The zero-order valence-electron chi connectivity index (χ0n) is 11.7. The van der Waals surface area contributed by atoms with Crippen LogP contribution in [0.5, 0.6) is 0 Å². The van der Waals surface area contributed by atoms with E-state index < -0.39 is 31.0 Å². The number of rotatable bonds is 6. The van der Waals surface area contributed by atoms with Crippen LogP contribution in [0.25, 0.3) is 0 Å². The van der Waals surface area contributed by atoms with Crippen LogP contribution in [0.15, 0.2) is 24.3 Å². The molecule has 0 aliphatic rings. The molecule has 0 saturated heterocycles. The molecule has 0 spiro atoms. The quantitative estimate of drug-likeness (QED) is 0.258. The molecule has 0 saturated carbocycles. The van der Waals surface area contributed by atoms with Gasteiger partial charge in [0.15, 0.2) is 0 Å². The van der Waals surface area contributed by atoms with Gasteiger partial charge in [0, 0.05) is 18.8 Å². The van der Waals surface area contributed by atoms with E-state index >= 15 is 0 Å². The van der Waals surface area contributed by atoms with Crippen molar-refractivity contribution in [1.29, 1.82) is 0 Å². The van der Waals surface area contributed by atoms with E-state index in [9.17, 15) is 0 Å². The van der Waals surface area contributed by atoms with Gasteiger partial charge in [0.25, 0.3) is 0 Å². The Hall–Kier alpha value is -1.26. The first-order chi connectivity index (χ1) is 9.87. The maximum atomic E-state index is 9.04. The fraction of sp³-hybridized carbons (Fsp3) is 0.538. The largest absolute Gasteiger partial charge is 0.399 e. The summed E-state index contributed by atoms with van der Waals surface area (Å²) in [7, 11) is 0. The van der Waals surface area contributed by atoms with Gasteiger partial charge in [0.05, 0.1) is 12.7 Å². The standard InChI is InChI=1S/C7H10N2.C6H15NO5/c8-5-6-1-3-7(9)4-2-6;7-1-3(9)5(11)6(12)4(10)2-8/h1-4H,5,8-9H2;3-6,8-12H,1-2,7H2/t;3-,4+,5+,6+/m.0/s1. The average Bonchev–Trinajstić information content (AvgIpc) is 2.53. The summed E-state index contributed by atoms with van der Waals surface area (Å²) < 4.78 is 0. The van der Waals surface area contributed by atoms with E-state index in [1.54, 1.807) is 0 Å². The van der Waals surface area contributed by atoms with Crippen molar-refractivity contribution in [3.05, 3.63) is 29.8 Å². The molecule has 0 aromatic heterocycles. The van der Waals surface area contributed by atoms with Crippen molar-refractivity contribution in [3.8, 4) is 0 Å². The zero-order valence-corrected chi connectivity index (χ0v) is 11.7. The summed E-state index contributed by atoms with van der Waals surface area (Å²) in [6.45, 7) is -0.327. The lowest BCUT2D eigenvalue weighted by Gasteiger charge is -2.24. The highest BCUT2D eigenvalue weighted by molar-refractivity contribution is 5.39. The SMILES string of the molecule is NC[C@H](O)[C@@H](O)[C@H](O)[C@H](O)CO.NCc1ccc(N)cc1. The van der Waals surface area contributed by atoms with Crippen molar-refractivity contribution in [2.75, 3.05) is 18.9 Å². The Morgan fingerprint density at radius 1 is 0.857 bits per heavy atom. The third kappa shape index (κ3) is 7.34. The summed E-state index contributed by atoms with van der Waals surface area (Å²) in [6, 6.07) is 7.55. The van der Waals surface area contributed by atoms with E-state index in [-0.39, 0.29) is 6.54 Å². The first-order valence-electron chi connectivity index (χ1n) is 6.45. The number of nitrogen functional groups attached to an aromatic ring is 1. The number of hydrogen-bond acceptors (Lipinski definition) is 8. The van der Waals surface area contributed by atoms with Gasteiger partial charge in [-0.3, -0.25) is 0 Å². The predicted octanol–water partition coefficient (Wildman–Crippen LogP) is -2.89. The second-order valence-electron chi connectivity index (χ2n) is 4.48. The molecule has 11 N–H and O–H groups in total. The second kappa shape index (κ2) is 10.5. The molecule has 0 aliphatic heterocycles. The van der Waals surface area contributed by atoms with Gasteiger partial charge >= 0.3 is 0 Å². The van der Waals surface area contributed by atoms with Gasteiger partial charge in [-0.05, 0) is 17.7 Å². The minimum Gasteiger partial charge on any atom is -0.399 e. The molecule has 21 heavy (non-hydrogen) atoms. The van der Waals surface area contributed by atoms with Gasteiger partial charge < -0.3 is 42.7 Å². The lowest BCUT2D eigenvalue weighted by molar-refractivity contribution is -0.112. The molecule has 0 bridgehead atoms. The Morgan fingerprint density at radius 2 is 1.33 bits per heavy atom. The molecule has 0 unspecified atom stereocenters. The highest BCUT2D eigenvalue weighted by Crippen LogP contribution is 2.04. The van der Waals surface area contributed by atoms with Gasteiger partial charge in [-0.1, -0.05) is 12.1 Å². The van der Waals surface area contributed by atoms with E-state index in [2.05, 4.69) is 0 Å². The van der Waals surface area contributed by atoms with Gasteiger partial charge in [-0.25, -0.2) is 0 Å². The van der Waals surface area contributed by atoms with Crippen LogP contribution in [0.2, 0.25) is 0 Å². The van der Waals surface area contributed by atoms with E-state index in [4.69, 9.17) is 42.7 Å². The van der Waals surface area contributed by atoms with Crippen LogP contribution in [0.4, 0.5) is 5.69 Å². The number of aliphatic hydroxyl groups excluding tert-OH is 5. The highest BCUT2D eigenvalue weighted by atomic mass is 16.4. The van der Waals surface area contributed by atoms with E-state index in [0.717, 1.165) is 11.3 Å². The highest BCUT2D eigenvalue weighted by Gasteiger charge is 2.28. The minimum atomic E-state index is -1.59. The number of hydrogen-bond donors (Lipinski definition) is 8. The molecule has 1 aromatic carbocycles. The fourth-order valence-electron chi connectivity index (χ4n) is 1.36. The predicted molar refractivity (Wildman–Crippen MR) is 78.9 cm³/mol. The maximum absolute atomic E-state index is 9.04. The van der Waals surface area contributed by atoms with E-state index in [1.807, 2.05) is 24.3 Å². The first kappa shape index (κ1) is 19.7. The first-order valence-corrected chi connectivity index (χ1v) is 6.45. The summed E-state index contributed by atoms with van der Waals surface area (Å²) in [6.07, 6.45) is -5.91. The Bertz CT molecular complexity index is 363. The van der Waals surface area contributed by atoms with E-state index in [0.29, 0.717) is 6.54 Å². The topological polar surface area (TPSA) is 179 Å². The van der Waals surface area contributed by atoms with E-state index in [1.165, 1.54) is 0 Å². The minimum absolute atomic E-state index is 0.226. The second-order valence-corrected chi connectivity index (χ2v) is 4.48. The molecule has 1 rings (SSSR count). The summed E-state index contributed by atoms with van der Waals surface area (Å²) >= 11 is 0. The van der Waals surface area contributed by atoms with Crippen LogP contribution in [-0.4, -0.2) is 63.1 Å². The van der Waals surface area contributed by atoms with Gasteiger partial charge in [-0.2, -0.15) is 0 Å². The van der Waals surface area contributed by atoms with Crippen molar-refractivity contribution in [2.24, 2.45) is 11.5 Å². The third-order valence-electron chi connectivity index (χ3n) is 2.78. The smallest absolute Gasteiger partial charge is 0.111 e. The molecule has 0 heterocycles. The molecule has 122 valence electrons. The van der Waals surface area contributed by atoms with Crippen molar-refractivity contribution in [3.63, 3.8) is 0 Å². The third-order valence-corrected chi connectivity index (χ3v) is 2.78. The van der Waals surface area contributed by atoms with Gasteiger partial charge in [-0.15, -0.1) is 0 Å². The summed E-state index contributed by atoms with van der Waals surface area (Å²) in [5.74, 6) is 0. The summed E-state index contributed by atoms with van der Waals surface area (Å²) in [4.78, 5) is 0. The van der Waals surface area contributed by atoms with Crippen LogP contribution in [-0.2, 0) is 6.54 Å². The molecule has 0 fully saturated rings. The normalized spacial score (nSPS) is 16.3. The molecule has 4 atom stereocenters. The Kier molecular flexibility index (Phi) is 9.84. The van der Waals surface area contributed by atoms with Crippen LogP contribution < -0.4 is 17.2 Å². The van der Waals surface area contributed by atoms with Gasteiger partial charge in [0.2, 0.25) is 0 Å². The lowest BCUT2D eigenvalue weighted by atomic mass is 10.0. The van der Waals surface area contributed by atoms with Crippen molar-refractivity contribution >= 4 is 5.69 Å². The Balaban J connectivity index is 0.000000394. The Labute approximate surface area is 123 Å². The van der Waals surface area contributed by atoms with Crippen LogP contribution >= 0.6 is 0 Å². The zero-order chi connectivity index (χ0) is 16.4. The summed E-state index contributed by atoms with van der Waals surface area (Å²) in [5, 5.41) is 44.2. The van der Waals surface area contributed by atoms with Crippen LogP contribution in [0.3, 0.4) is 0 Å².